The van der Waals surface area contributed by atoms with Gasteiger partial charge in [0, 0.05) is 37.5 Å². The minimum atomic E-state index is -0.404. The van der Waals surface area contributed by atoms with Gasteiger partial charge >= 0.3 is 5.97 Å². The third-order valence-electron chi connectivity index (χ3n) is 7.28. The molecule has 0 radical (unpaired) electrons. The second-order valence-corrected chi connectivity index (χ2v) is 10.2. The molecular weight excluding hydrogens is 472 g/mol. The third-order valence-corrected chi connectivity index (χ3v) is 7.28. The number of amides is 1. The molecule has 5 heteroatoms. The zero-order chi connectivity index (χ0) is 26.9. The van der Waals surface area contributed by atoms with Crippen molar-refractivity contribution in [3.8, 4) is 11.1 Å². The minimum Gasteiger partial charge on any atom is -0.466 e. The van der Waals surface area contributed by atoms with E-state index < -0.39 is 5.97 Å². The van der Waals surface area contributed by atoms with Gasteiger partial charge in [-0.15, -0.1) is 0 Å². The van der Waals surface area contributed by atoms with Crippen LogP contribution in [0.25, 0.3) is 17.2 Å². The molecule has 3 aromatic carbocycles. The van der Waals surface area contributed by atoms with Crippen molar-refractivity contribution in [3.05, 3.63) is 90.0 Å². The summed E-state index contributed by atoms with van der Waals surface area (Å²) >= 11 is 0. The van der Waals surface area contributed by atoms with Gasteiger partial charge in [0.25, 0.3) is 0 Å². The fourth-order valence-electron chi connectivity index (χ4n) is 5.01. The summed E-state index contributed by atoms with van der Waals surface area (Å²) in [4.78, 5) is 29.5. The number of methoxy groups -OCH3 is 1. The molecule has 0 heterocycles. The van der Waals surface area contributed by atoms with Crippen molar-refractivity contribution in [2.45, 2.75) is 45.1 Å². The fraction of sp³-hybridized carbons (Fsp3) is 0.333. The highest BCUT2D eigenvalue weighted by Crippen LogP contribution is 2.29. The van der Waals surface area contributed by atoms with Crippen LogP contribution in [0.1, 0.15) is 49.7 Å². The predicted octanol–water partition coefficient (Wildman–Crippen LogP) is 7.11. The molecule has 0 bridgehead atoms. The van der Waals surface area contributed by atoms with Gasteiger partial charge in [-0.25, -0.2) is 4.79 Å². The molecule has 0 N–H and O–H groups in total. The molecule has 0 unspecified atom stereocenters. The molecule has 5 nitrogen and oxygen atoms in total. The predicted molar refractivity (Wildman–Crippen MR) is 156 cm³/mol. The van der Waals surface area contributed by atoms with E-state index in [2.05, 4.69) is 53.4 Å². The summed E-state index contributed by atoms with van der Waals surface area (Å²) in [6, 6.07) is 24.8. The smallest absolute Gasteiger partial charge is 0.330 e. The number of anilines is 2. The average Bonchev–Trinajstić information content (AvgIpc) is 3.24. The van der Waals surface area contributed by atoms with Gasteiger partial charge in [-0.05, 0) is 65.4 Å². The van der Waals surface area contributed by atoms with E-state index in [4.69, 9.17) is 4.74 Å². The Balaban J connectivity index is 1.59. The molecule has 0 aliphatic heterocycles. The van der Waals surface area contributed by atoms with Gasteiger partial charge in [-0.3, -0.25) is 4.79 Å². The molecule has 38 heavy (non-hydrogen) atoms. The van der Waals surface area contributed by atoms with E-state index in [-0.39, 0.29) is 11.8 Å². The van der Waals surface area contributed by atoms with Crippen LogP contribution in [0.4, 0.5) is 11.4 Å². The first-order valence-electron chi connectivity index (χ1n) is 13.5. The van der Waals surface area contributed by atoms with Gasteiger partial charge in [-0.1, -0.05) is 74.2 Å². The molecule has 0 saturated heterocycles. The first-order valence-corrected chi connectivity index (χ1v) is 13.5. The second-order valence-electron chi connectivity index (χ2n) is 10.2. The molecule has 0 aromatic heterocycles. The Morgan fingerprint density at radius 1 is 0.842 bits per heavy atom. The summed E-state index contributed by atoms with van der Waals surface area (Å²) in [5.74, 6) is -0.177. The molecule has 198 valence electrons. The van der Waals surface area contributed by atoms with Crippen LogP contribution in [0.3, 0.4) is 0 Å². The number of carbonyl (C=O) groups excluding carboxylic acids is 2. The van der Waals surface area contributed by atoms with Crippen LogP contribution in [-0.4, -0.2) is 33.1 Å². The standard InChI is InChI=1S/C33H38N2O3/c1-34(2)30-20-18-28(19-21-30)27-16-13-26(14-17-27)24-35(33(37)29-10-6-4-5-7-11-29)31-12-8-9-25(23-31)15-22-32(36)38-3/h8-9,12-23,29H,4-7,10-11,24H2,1-3H3/b22-15+. The zero-order valence-electron chi connectivity index (χ0n) is 22.7. The van der Waals surface area contributed by atoms with E-state index in [1.807, 2.05) is 43.3 Å². The first kappa shape index (κ1) is 27.2. The number of hydrogen-bond acceptors (Lipinski definition) is 4. The minimum absolute atomic E-state index is 0.0428. The molecule has 1 saturated carbocycles. The Labute approximate surface area is 226 Å². The van der Waals surface area contributed by atoms with Crippen molar-refractivity contribution in [2.75, 3.05) is 31.0 Å². The quantitative estimate of drug-likeness (QED) is 0.184. The Bertz CT molecular complexity index is 1240. The van der Waals surface area contributed by atoms with E-state index >= 15 is 0 Å². The van der Waals surface area contributed by atoms with E-state index in [1.54, 1.807) is 6.08 Å². The van der Waals surface area contributed by atoms with Gasteiger partial charge in [0.1, 0.15) is 0 Å². The normalized spacial score (nSPS) is 14.2. The van der Waals surface area contributed by atoms with Crippen molar-refractivity contribution >= 4 is 29.3 Å². The summed E-state index contributed by atoms with van der Waals surface area (Å²) in [5.41, 5.74) is 6.25. The number of hydrogen-bond donors (Lipinski definition) is 0. The molecule has 0 atom stereocenters. The van der Waals surface area contributed by atoms with Crippen LogP contribution in [0.15, 0.2) is 78.9 Å². The number of rotatable bonds is 8. The maximum Gasteiger partial charge on any atom is 0.330 e. The third kappa shape index (κ3) is 7.12. The average molecular weight is 511 g/mol. The van der Waals surface area contributed by atoms with Crippen molar-refractivity contribution < 1.29 is 14.3 Å². The van der Waals surface area contributed by atoms with Gasteiger partial charge < -0.3 is 14.5 Å². The molecule has 1 fully saturated rings. The van der Waals surface area contributed by atoms with E-state index in [9.17, 15) is 9.59 Å². The fourth-order valence-corrected chi connectivity index (χ4v) is 5.01. The number of carbonyl (C=O) groups is 2. The summed E-state index contributed by atoms with van der Waals surface area (Å²) in [6.45, 7) is 0.499. The van der Waals surface area contributed by atoms with Crippen LogP contribution in [0.5, 0.6) is 0 Å². The Morgan fingerprint density at radius 3 is 2.08 bits per heavy atom. The number of esters is 1. The van der Waals surface area contributed by atoms with Crippen molar-refractivity contribution in [3.63, 3.8) is 0 Å². The molecule has 1 aliphatic carbocycles. The van der Waals surface area contributed by atoms with Crippen LogP contribution in [-0.2, 0) is 20.9 Å². The lowest BCUT2D eigenvalue weighted by Gasteiger charge is -2.28. The zero-order valence-corrected chi connectivity index (χ0v) is 22.7. The number of benzene rings is 3. The van der Waals surface area contributed by atoms with Crippen LogP contribution >= 0.6 is 0 Å². The molecular formula is C33H38N2O3. The summed E-state index contributed by atoms with van der Waals surface area (Å²) < 4.78 is 4.72. The SMILES string of the molecule is COC(=O)/C=C/c1cccc(N(Cc2ccc(-c3ccc(N(C)C)cc3)cc2)C(=O)C2CCCCCC2)c1. The van der Waals surface area contributed by atoms with Crippen molar-refractivity contribution in [2.24, 2.45) is 5.92 Å². The monoisotopic (exact) mass is 510 g/mol. The molecule has 1 aliphatic rings. The first-order chi connectivity index (χ1) is 18.4. The molecule has 0 spiro atoms. The number of ether oxygens (including phenoxy) is 1. The second kappa shape index (κ2) is 13.1. The van der Waals surface area contributed by atoms with Gasteiger partial charge in [0.2, 0.25) is 5.91 Å². The lowest BCUT2D eigenvalue weighted by Crippen LogP contribution is -2.35. The highest BCUT2D eigenvalue weighted by atomic mass is 16.5. The van der Waals surface area contributed by atoms with Gasteiger partial charge in [0.15, 0.2) is 0 Å². The summed E-state index contributed by atoms with van der Waals surface area (Å²) in [5, 5.41) is 0. The Morgan fingerprint density at radius 2 is 1.47 bits per heavy atom. The highest BCUT2D eigenvalue weighted by Gasteiger charge is 2.26. The lowest BCUT2D eigenvalue weighted by molar-refractivity contribution is -0.134. The van der Waals surface area contributed by atoms with E-state index in [0.29, 0.717) is 6.54 Å². The van der Waals surface area contributed by atoms with E-state index in [0.717, 1.165) is 48.1 Å². The Kier molecular flexibility index (Phi) is 9.36. The lowest BCUT2D eigenvalue weighted by atomic mass is 9.97. The maximum atomic E-state index is 13.9. The topological polar surface area (TPSA) is 49.9 Å². The van der Waals surface area contributed by atoms with E-state index in [1.165, 1.54) is 37.3 Å². The van der Waals surface area contributed by atoms with Crippen molar-refractivity contribution in [1.29, 1.82) is 0 Å². The highest BCUT2D eigenvalue weighted by molar-refractivity contribution is 5.95. The Hall–Kier alpha value is -3.86. The van der Waals surface area contributed by atoms with Crippen LogP contribution < -0.4 is 9.80 Å². The van der Waals surface area contributed by atoms with Crippen LogP contribution in [0, 0.1) is 5.92 Å². The van der Waals surface area contributed by atoms with Gasteiger partial charge in [-0.2, -0.15) is 0 Å². The largest absolute Gasteiger partial charge is 0.466 e. The maximum absolute atomic E-state index is 13.9. The van der Waals surface area contributed by atoms with Gasteiger partial charge in [0.05, 0.1) is 13.7 Å². The number of nitrogens with zero attached hydrogens (tertiary/aromatic N) is 2. The summed E-state index contributed by atoms with van der Waals surface area (Å²) in [7, 11) is 5.44. The molecule has 4 rings (SSSR count). The molecule has 3 aromatic rings. The molecule has 1 amide bonds. The summed E-state index contributed by atoms with van der Waals surface area (Å²) in [6.07, 6.45) is 9.63. The van der Waals surface area contributed by atoms with Crippen LogP contribution in [0.2, 0.25) is 0 Å². The van der Waals surface area contributed by atoms with Crippen molar-refractivity contribution in [1.82, 2.24) is 0 Å².